The second kappa shape index (κ2) is 9.31. The van der Waals surface area contributed by atoms with Crippen molar-refractivity contribution >= 4 is 35.0 Å². The van der Waals surface area contributed by atoms with Gasteiger partial charge in [0, 0.05) is 17.1 Å². The third-order valence-electron chi connectivity index (χ3n) is 5.97. The number of anilines is 1. The molecule has 2 aliphatic heterocycles. The van der Waals surface area contributed by atoms with E-state index < -0.39 is 11.9 Å². The first-order chi connectivity index (χ1) is 16.9. The molecule has 3 amide bonds. The maximum Gasteiger partial charge on any atom is 0.257 e. The minimum atomic E-state index is -0.974. The van der Waals surface area contributed by atoms with E-state index in [1.54, 1.807) is 66.7 Å². The molecule has 1 fully saturated rings. The number of halogens is 1. The van der Waals surface area contributed by atoms with Gasteiger partial charge in [-0.1, -0.05) is 17.7 Å². The van der Waals surface area contributed by atoms with E-state index in [9.17, 15) is 14.4 Å². The lowest BCUT2D eigenvalue weighted by Gasteiger charge is -2.28. The molecule has 35 heavy (non-hydrogen) atoms. The number of amides is 3. The summed E-state index contributed by atoms with van der Waals surface area (Å²) in [6, 6.07) is 17.4. The van der Waals surface area contributed by atoms with Crippen LogP contribution in [0.1, 0.15) is 22.3 Å². The Bertz CT molecular complexity index is 1290. The monoisotopic (exact) mass is 492 g/mol. The van der Waals surface area contributed by atoms with Crippen molar-refractivity contribution < 1.29 is 28.6 Å². The Balaban J connectivity index is 1.48. The summed E-state index contributed by atoms with van der Waals surface area (Å²) in [7, 11) is 1.54. The summed E-state index contributed by atoms with van der Waals surface area (Å²) in [4.78, 5) is 42.6. The molecule has 9 heteroatoms. The largest absolute Gasteiger partial charge is 0.497 e. The lowest BCUT2D eigenvalue weighted by Crippen LogP contribution is -2.45. The zero-order valence-electron chi connectivity index (χ0n) is 18.8. The summed E-state index contributed by atoms with van der Waals surface area (Å²) in [6.45, 7) is 0.219. The molecule has 1 unspecified atom stereocenters. The third kappa shape index (κ3) is 4.40. The standard InChI is InChI=1S/C26H21ClN2O6/c1-33-20-9-7-19(8-10-20)29-24(30)13-21(26(29)32)28(25(31)17-3-5-18(27)6-4-17)14-16-2-11-22-23(12-16)35-15-34-22/h2-12,21H,13-15H2,1H3. The van der Waals surface area contributed by atoms with Crippen molar-refractivity contribution in [1.29, 1.82) is 0 Å². The summed E-state index contributed by atoms with van der Waals surface area (Å²) in [5.74, 6) is 0.541. The molecule has 3 aromatic carbocycles. The second-order valence-corrected chi connectivity index (χ2v) is 8.55. The SMILES string of the molecule is COc1ccc(N2C(=O)CC(N(Cc3ccc4c(c3)OCO4)C(=O)c3ccc(Cl)cc3)C2=O)cc1. The first kappa shape index (κ1) is 22.7. The number of rotatable bonds is 6. The number of imide groups is 1. The highest BCUT2D eigenvalue weighted by molar-refractivity contribution is 6.30. The summed E-state index contributed by atoms with van der Waals surface area (Å²) < 4.78 is 16.0. The van der Waals surface area contributed by atoms with Gasteiger partial charge in [-0.25, -0.2) is 4.90 Å². The highest BCUT2D eigenvalue weighted by atomic mass is 35.5. The number of nitrogens with zero attached hydrogens (tertiary/aromatic N) is 2. The number of hydrogen-bond acceptors (Lipinski definition) is 6. The van der Waals surface area contributed by atoms with E-state index in [1.807, 2.05) is 0 Å². The fourth-order valence-corrected chi connectivity index (χ4v) is 4.31. The van der Waals surface area contributed by atoms with E-state index in [4.69, 9.17) is 25.8 Å². The van der Waals surface area contributed by atoms with Gasteiger partial charge in [0.2, 0.25) is 12.7 Å². The molecule has 5 rings (SSSR count). The van der Waals surface area contributed by atoms with Gasteiger partial charge < -0.3 is 19.1 Å². The van der Waals surface area contributed by atoms with Gasteiger partial charge in [0.1, 0.15) is 11.8 Å². The molecule has 2 aliphatic rings. The summed E-state index contributed by atoms with van der Waals surface area (Å²) >= 11 is 5.99. The predicted molar refractivity (Wildman–Crippen MR) is 128 cm³/mol. The van der Waals surface area contributed by atoms with Gasteiger partial charge in [-0.05, 0) is 66.2 Å². The van der Waals surface area contributed by atoms with E-state index in [1.165, 1.54) is 12.0 Å². The maximum absolute atomic E-state index is 13.6. The molecule has 2 heterocycles. The van der Waals surface area contributed by atoms with Crippen LogP contribution in [0.3, 0.4) is 0 Å². The fraction of sp³-hybridized carbons (Fsp3) is 0.192. The molecule has 0 radical (unpaired) electrons. The average molecular weight is 493 g/mol. The molecule has 1 saturated heterocycles. The smallest absolute Gasteiger partial charge is 0.257 e. The quantitative estimate of drug-likeness (QED) is 0.483. The molecule has 0 bridgehead atoms. The lowest BCUT2D eigenvalue weighted by molar-refractivity contribution is -0.122. The number of carbonyl (C=O) groups excluding carboxylic acids is 3. The van der Waals surface area contributed by atoms with Crippen LogP contribution in [-0.2, 0) is 16.1 Å². The van der Waals surface area contributed by atoms with Crippen molar-refractivity contribution in [3.63, 3.8) is 0 Å². The van der Waals surface area contributed by atoms with Crippen molar-refractivity contribution in [2.24, 2.45) is 0 Å². The first-order valence-electron chi connectivity index (χ1n) is 10.9. The van der Waals surface area contributed by atoms with E-state index in [2.05, 4.69) is 0 Å². The normalized spacial score (nSPS) is 16.5. The van der Waals surface area contributed by atoms with E-state index in [-0.39, 0.29) is 31.6 Å². The highest BCUT2D eigenvalue weighted by Gasteiger charge is 2.44. The zero-order chi connectivity index (χ0) is 24.5. The Kier molecular flexibility index (Phi) is 6.05. The van der Waals surface area contributed by atoms with Crippen LogP contribution < -0.4 is 19.1 Å². The van der Waals surface area contributed by atoms with Crippen LogP contribution in [0.4, 0.5) is 5.69 Å². The maximum atomic E-state index is 13.6. The lowest BCUT2D eigenvalue weighted by atomic mass is 10.1. The second-order valence-electron chi connectivity index (χ2n) is 8.11. The summed E-state index contributed by atoms with van der Waals surface area (Å²) in [5.41, 5.74) is 1.52. The number of methoxy groups -OCH3 is 1. The Morgan fingerprint density at radius 3 is 2.46 bits per heavy atom. The van der Waals surface area contributed by atoms with Gasteiger partial charge in [-0.3, -0.25) is 14.4 Å². The van der Waals surface area contributed by atoms with Crippen molar-refractivity contribution in [2.75, 3.05) is 18.8 Å². The fourth-order valence-electron chi connectivity index (χ4n) is 4.18. The third-order valence-corrected chi connectivity index (χ3v) is 6.22. The number of fused-ring (bicyclic) bond motifs is 1. The predicted octanol–water partition coefficient (Wildman–Crippen LogP) is 4.05. The Hall–Kier alpha value is -4.04. The van der Waals surface area contributed by atoms with Crippen molar-refractivity contribution in [3.8, 4) is 17.2 Å². The molecular weight excluding hydrogens is 472 g/mol. The van der Waals surface area contributed by atoms with Crippen LogP contribution >= 0.6 is 11.6 Å². The van der Waals surface area contributed by atoms with Crippen molar-refractivity contribution in [1.82, 2.24) is 4.90 Å². The van der Waals surface area contributed by atoms with Crippen molar-refractivity contribution in [3.05, 3.63) is 82.9 Å². The first-order valence-corrected chi connectivity index (χ1v) is 11.3. The van der Waals surface area contributed by atoms with Gasteiger partial charge in [0.15, 0.2) is 11.5 Å². The van der Waals surface area contributed by atoms with Gasteiger partial charge in [0.05, 0.1) is 19.2 Å². The summed E-state index contributed by atoms with van der Waals surface area (Å²) in [6.07, 6.45) is -0.130. The molecule has 1 atom stereocenters. The van der Waals surface area contributed by atoms with E-state index in [0.29, 0.717) is 33.5 Å². The zero-order valence-corrected chi connectivity index (χ0v) is 19.5. The average Bonchev–Trinajstić information content (AvgIpc) is 3.46. The van der Waals surface area contributed by atoms with Crippen LogP contribution in [0, 0.1) is 0 Å². The topological polar surface area (TPSA) is 85.4 Å². The van der Waals surface area contributed by atoms with Crippen LogP contribution in [-0.4, -0.2) is 42.6 Å². The number of hydrogen-bond donors (Lipinski definition) is 0. The molecule has 0 aliphatic carbocycles. The number of carbonyl (C=O) groups is 3. The Morgan fingerprint density at radius 1 is 1.03 bits per heavy atom. The van der Waals surface area contributed by atoms with Crippen LogP contribution in [0.5, 0.6) is 17.2 Å². The minimum absolute atomic E-state index is 0.0955. The van der Waals surface area contributed by atoms with Gasteiger partial charge in [0.25, 0.3) is 11.8 Å². The van der Waals surface area contributed by atoms with Crippen LogP contribution in [0.2, 0.25) is 5.02 Å². The molecule has 0 saturated carbocycles. The molecule has 3 aromatic rings. The molecule has 0 N–H and O–H groups in total. The number of ether oxygens (including phenoxy) is 3. The van der Waals surface area contributed by atoms with Crippen molar-refractivity contribution in [2.45, 2.75) is 19.0 Å². The van der Waals surface area contributed by atoms with Gasteiger partial charge >= 0.3 is 0 Å². The molecule has 178 valence electrons. The minimum Gasteiger partial charge on any atom is -0.497 e. The van der Waals surface area contributed by atoms with E-state index in [0.717, 1.165) is 10.5 Å². The Labute approximate surface area is 206 Å². The molecule has 0 aromatic heterocycles. The number of benzene rings is 3. The van der Waals surface area contributed by atoms with E-state index >= 15 is 0 Å². The Morgan fingerprint density at radius 2 is 1.74 bits per heavy atom. The van der Waals surface area contributed by atoms with Crippen LogP contribution in [0.15, 0.2) is 66.7 Å². The molecular formula is C26H21ClN2O6. The summed E-state index contributed by atoms with van der Waals surface area (Å²) in [5, 5.41) is 0.488. The molecule has 8 nitrogen and oxygen atoms in total. The van der Waals surface area contributed by atoms with Gasteiger partial charge in [-0.2, -0.15) is 0 Å². The van der Waals surface area contributed by atoms with Gasteiger partial charge in [-0.15, -0.1) is 0 Å². The highest BCUT2D eigenvalue weighted by Crippen LogP contribution is 2.34. The molecule has 0 spiro atoms. The van der Waals surface area contributed by atoms with Crippen LogP contribution in [0.25, 0.3) is 0 Å².